The molecule has 0 bridgehead atoms. The van der Waals surface area contributed by atoms with Crippen LogP contribution in [0.15, 0.2) is 58.1 Å². The number of aryl methyl sites for hydroxylation is 3. The summed E-state index contributed by atoms with van der Waals surface area (Å²) >= 11 is 2.63. The zero-order chi connectivity index (χ0) is 20.3. The van der Waals surface area contributed by atoms with Crippen LogP contribution in [0.2, 0.25) is 0 Å². The molecule has 4 nitrogen and oxygen atoms in total. The summed E-state index contributed by atoms with van der Waals surface area (Å²) in [4.78, 5) is 25.7. The van der Waals surface area contributed by atoms with Crippen molar-refractivity contribution in [3.8, 4) is 11.3 Å². The molecule has 0 N–H and O–H groups in total. The topological polar surface area (TPSA) is 44.0 Å². The Morgan fingerprint density at radius 2 is 1.61 bits per heavy atom. The van der Waals surface area contributed by atoms with Crippen molar-refractivity contribution in [3.63, 3.8) is 0 Å². The summed E-state index contributed by atoms with van der Waals surface area (Å²) in [6, 6.07) is 16.5. The van der Waals surface area contributed by atoms with Crippen molar-refractivity contribution < 1.29 is 0 Å². The second-order valence-electron chi connectivity index (χ2n) is 7.18. The van der Waals surface area contributed by atoms with Crippen molar-refractivity contribution in [2.45, 2.75) is 46.6 Å². The van der Waals surface area contributed by atoms with E-state index in [-0.39, 0.29) is 11.2 Å². The molecular weight excluding hydrogens is 415 g/mol. The molecule has 0 unspecified atom stereocenters. The van der Waals surface area contributed by atoms with E-state index in [1.807, 2.05) is 39.0 Å². The predicted molar refractivity (Wildman–Crippen MR) is 115 cm³/mol. The van der Waals surface area contributed by atoms with Crippen LogP contribution in [0.1, 0.15) is 35.6 Å². The van der Waals surface area contributed by atoms with Crippen LogP contribution >= 0.6 is 0 Å². The molecule has 1 radical (unpaired) electrons. The van der Waals surface area contributed by atoms with Crippen LogP contribution in [-0.2, 0) is 19.4 Å². The van der Waals surface area contributed by atoms with E-state index in [1.165, 1.54) is 5.56 Å². The number of nitrogens with zero attached hydrogens (tertiary/aromatic N) is 2. The average Bonchev–Trinajstić information content (AvgIpc) is 2.67. The van der Waals surface area contributed by atoms with Gasteiger partial charge < -0.3 is 0 Å². The molecule has 0 amide bonds. The molecule has 1 aromatic heterocycles. The van der Waals surface area contributed by atoms with Gasteiger partial charge in [-0.05, 0) is 0 Å². The SMILES string of the molecule is CCc1c(-c2cc(C)cc(C)c2)n(CCCc2ccccc2)c(=O)n([Se])c1=O. The molecule has 1 heterocycles. The van der Waals surface area contributed by atoms with Crippen molar-refractivity contribution in [2.75, 3.05) is 0 Å². The van der Waals surface area contributed by atoms with Gasteiger partial charge in [0.25, 0.3) is 0 Å². The summed E-state index contributed by atoms with van der Waals surface area (Å²) in [5.41, 5.74) is 5.29. The third kappa shape index (κ3) is 4.21. The Morgan fingerprint density at radius 3 is 2.21 bits per heavy atom. The number of hydrogen-bond acceptors (Lipinski definition) is 2. The molecule has 0 aliphatic carbocycles. The Bertz CT molecular complexity index is 1080. The molecule has 2 aromatic carbocycles. The van der Waals surface area contributed by atoms with Gasteiger partial charge in [0.1, 0.15) is 0 Å². The molecule has 0 saturated heterocycles. The fourth-order valence-corrected chi connectivity index (χ4v) is 4.17. The molecule has 0 aliphatic heterocycles. The Kier molecular flexibility index (Phi) is 6.38. The van der Waals surface area contributed by atoms with Crippen molar-refractivity contribution >= 4 is 16.2 Å². The Morgan fingerprint density at radius 1 is 0.964 bits per heavy atom. The molecule has 3 aromatic rings. The molecule has 5 heteroatoms. The van der Waals surface area contributed by atoms with E-state index in [4.69, 9.17) is 0 Å². The number of rotatable bonds is 6. The van der Waals surface area contributed by atoms with Gasteiger partial charge in [-0.1, -0.05) is 0 Å². The van der Waals surface area contributed by atoms with Crippen molar-refractivity contribution in [2.24, 2.45) is 0 Å². The van der Waals surface area contributed by atoms with E-state index >= 15 is 0 Å². The standard InChI is InChI=1S/C23H25N2O2Se/c1-4-20-21(19-14-16(2)13-17(3)15-19)24(23(27)25(28)22(20)26)12-8-11-18-9-6-5-7-10-18/h5-7,9-10,13-15H,4,8,11-12H2,1-3H3. The fraction of sp³-hybridized carbons (Fsp3) is 0.304. The number of benzene rings is 2. The second-order valence-corrected chi connectivity index (χ2v) is 7.95. The quantitative estimate of drug-likeness (QED) is 0.552. The van der Waals surface area contributed by atoms with E-state index in [1.54, 1.807) is 4.57 Å². The van der Waals surface area contributed by atoms with Gasteiger partial charge in [-0.3, -0.25) is 0 Å². The molecule has 0 atom stereocenters. The maximum absolute atomic E-state index is 13.0. The normalized spacial score (nSPS) is 11.0. The van der Waals surface area contributed by atoms with Crippen molar-refractivity contribution in [3.05, 3.63) is 91.6 Å². The minimum atomic E-state index is -0.301. The molecule has 28 heavy (non-hydrogen) atoms. The van der Waals surface area contributed by atoms with Crippen LogP contribution in [0.25, 0.3) is 11.3 Å². The van der Waals surface area contributed by atoms with E-state index in [9.17, 15) is 9.59 Å². The van der Waals surface area contributed by atoms with E-state index in [2.05, 4.69) is 46.6 Å². The summed E-state index contributed by atoms with van der Waals surface area (Å²) in [6.07, 6.45) is 2.28. The van der Waals surface area contributed by atoms with Crippen LogP contribution in [0.4, 0.5) is 0 Å². The van der Waals surface area contributed by atoms with E-state index in [0.29, 0.717) is 18.5 Å². The van der Waals surface area contributed by atoms with Gasteiger partial charge in [-0.25, -0.2) is 0 Å². The molecule has 0 spiro atoms. The van der Waals surface area contributed by atoms with Crippen LogP contribution in [0, 0.1) is 13.8 Å². The van der Waals surface area contributed by atoms with E-state index in [0.717, 1.165) is 38.8 Å². The minimum absolute atomic E-state index is 0.249. The van der Waals surface area contributed by atoms with Crippen molar-refractivity contribution in [1.29, 1.82) is 0 Å². The van der Waals surface area contributed by atoms with Crippen molar-refractivity contribution in [1.82, 2.24) is 8.15 Å². The van der Waals surface area contributed by atoms with Crippen LogP contribution in [0.5, 0.6) is 0 Å². The predicted octanol–water partition coefficient (Wildman–Crippen LogP) is 3.42. The van der Waals surface area contributed by atoms with E-state index < -0.39 is 0 Å². The van der Waals surface area contributed by atoms with Gasteiger partial charge in [-0.15, -0.1) is 0 Å². The maximum atomic E-state index is 13.0. The fourth-order valence-electron chi connectivity index (χ4n) is 3.73. The average molecular weight is 440 g/mol. The van der Waals surface area contributed by atoms with Crippen LogP contribution in [-0.4, -0.2) is 24.4 Å². The van der Waals surface area contributed by atoms with Gasteiger partial charge in [0.05, 0.1) is 0 Å². The number of aromatic nitrogens is 2. The first-order chi connectivity index (χ1) is 13.4. The summed E-state index contributed by atoms with van der Waals surface area (Å²) in [7, 11) is 0. The summed E-state index contributed by atoms with van der Waals surface area (Å²) in [6.45, 7) is 6.59. The van der Waals surface area contributed by atoms with Gasteiger partial charge in [0, 0.05) is 0 Å². The van der Waals surface area contributed by atoms with Crippen LogP contribution in [0.3, 0.4) is 0 Å². The third-order valence-corrected chi connectivity index (χ3v) is 5.62. The third-order valence-electron chi connectivity index (χ3n) is 4.94. The zero-order valence-electron chi connectivity index (χ0n) is 16.6. The van der Waals surface area contributed by atoms with Gasteiger partial charge in [0.15, 0.2) is 0 Å². The Balaban J connectivity index is 2.10. The number of hydrogen-bond donors (Lipinski definition) is 0. The zero-order valence-corrected chi connectivity index (χ0v) is 18.3. The second kappa shape index (κ2) is 8.76. The first-order valence-corrected chi connectivity index (χ1v) is 10.4. The first-order valence-electron chi connectivity index (χ1n) is 9.61. The van der Waals surface area contributed by atoms with Crippen LogP contribution < -0.4 is 11.2 Å². The molecular formula is C23H25N2O2Se. The molecule has 3 rings (SSSR count). The monoisotopic (exact) mass is 441 g/mol. The molecule has 0 saturated carbocycles. The first kappa shape index (κ1) is 20.4. The summed E-state index contributed by atoms with van der Waals surface area (Å²) in [5, 5.41) is 0. The molecule has 0 aliphatic rings. The molecule has 0 fully saturated rings. The Labute approximate surface area is 173 Å². The summed E-state index contributed by atoms with van der Waals surface area (Å²) < 4.78 is 2.88. The van der Waals surface area contributed by atoms with Gasteiger partial charge >= 0.3 is 174 Å². The van der Waals surface area contributed by atoms with Gasteiger partial charge in [0.2, 0.25) is 0 Å². The van der Waals surface area contributed by atoms with Gasteiger partial charge in [-0.2, -0.15) is 0 Å². The summed E-state index contributed by atoms with van der Waals surface area (Å²) in [5.74, 6) is 0. The Hall–Kier alpha value is -2.36. The molecule has 145 valence electrons.